The monoisotopic (exact) mass is 603 g/mol. The summed E-state index contributed by atoms with van der Waals surface area (Å²) in [6.07, 6.45) is -0.0570. The van der Waals surface area contributed by atoms with E-state index in [9.17, 15) is 22.5 Å². The van der Waals surface area contributed by atoms with Gasteiger partial charge in [-0.3, -0.25) is 9.36 Å². The van der Waals surface area contributed by atoms with Crippen LogP contribution in [0.5, 0.6) is 0 Å². The summed E-state index contributed by atoms with van der Waals surface area (Å²) in [7, 11) is 0. The molecule has 0 amide bonds. The van der Waals surface area contributed by atoms with E-state index in [1.165, 1.54) is 23.1 Å². The predicted molar refractivity (Wildman–Crippen MR) is 155 cm³/mol. The summed E-state index contributed by atoms with van der Waals surface area (Å²) in [5.41, 5.74) is 0.419. The summed E-state index contributed by atoms with van der Waals surface area (Å²) >= 11 is -1.43. The number of anilines is 3. The van der Waals surface area contributed by atoms with Crippen LogP contribution in [0.2, 0.25) is 0 Å². The Bertz CT molecular complexity index is 1610. The Labute approximate surface area is 243 Å². The van der Waals surface area contributed by atoms with Gasteiger partial charge in [-0.05, 0) is 43.0 Å². The second kappa shape index (κ2) is 12.3. The largest absolute Gasteiger partial charge is 0.610 e. The molecule has 1 aliphatic heterocycles. The summed E-state index contributed by atoms with van der Waals surface area (Å²) in [5.74, 6) is 0.0199. The van der Waals surface area contributed by atoms with Crippen LogP contribution in [-0.2, 0) is 23.9 Å². The molecule has 0 spiro atoms. The third-order valence-electron chi connectivity index (χ3n) is 7.48. The molecular formula is C27H32F3N9O2S. The third-order valence-corrected chi connectivity index (χ3v) is 8.38. The number of alkyl halides is 3. The van der Waals surface area contributed by atoms with Gasteiger partial charge in [0.15, 0.2) is 5.69 Å². The Morgan fingerprint density at radius 2 is 1.90 bits per heavy atom. The number of nitrogens with one attached hydrogen (secondary N) is 3. The first-order valence-corrected chi connectivity index (χ1v) is 15.2. The summed E-state index contributed by atoms with van der Waals surface area (Å²) in [4.78, 5) is 24.4. The number of aromatic amines is 1. The van der Waals surface area contributed by atoms with Crippen LogP contribution < -0.4 is 21.1 Å². The van der Waals surface area contributed by atoms with Crippen molar-refractivity contribution in [1.82, 2.24) is 35.3 Å². The third kappa shape index (κ3) is 6.08. The minimum absolute atomic E-state index is 0.00183. The molecule has 42 heavy (non-hydrogen) atoms. The molecule has 4 aromatic rings. The molecule has 0 saturated carbocycles. The zero-order valence-corrected chi connectivity index (χ0v) is 24.3. The Kier molecular flexibility index (Phi) is 8.70. The van der Waals surface area contributed by atoms with Gasteiger partial charge < -0.3 is 20.1 Å². The van der Waals surface area contributed by atoms with E-state index in [2.05, 4.69) is 36.0 Å². The number of aromatic nitrogens is 6. The van der Waals surface area contributed by atoms with Gasteiger partial charge in [0.1, 0.15) is 11.9 Å². The van der Waals surface area contributed by atoms with Crippen LogP contribution in [0.3, 0.4) is 0 Å². The molecule has 3 N–H and O–H groups in total. The van der Waals surface area contributed by atoms with Crippen molar-refractivity contribution in [2.24, 2.45) is 0 Å². The predicted octanol–water partition coefficient (Wildman–Crippen LogP) is 3.77. The van der Waals surface area contributed by atoms with Gasteiger partial charge in [-0.1, -0.05) is 19.1 Å². The summed E-state index contributed by atoms with van der Waals surface area (Å²) in [6, 6.07) is 5.82. The fraction of sp³-hybridized carbons (Fsp3) is 0.444. The molecule has 15 heteroatoms. The van der Waals surface area contributed by atoms with Gasteiger partial charge in [0, 0.05) is 65.9 Å². The summed E-state index contributed by atoms with van der Waals surface area (Å²) < 4.78 is 55.9. The number of pyridine rings is 1. The molecule has 1 unspecified atom stereocenters. The van der Waals surface area contributed by atoms with Crippen molar-refractivity contribution in [2.75, 3.05) is 42.7 Å². The van der Waals surface area contributed by atoms with Crippen LogP contribution in [0.15, 0.2) is 40.3 Å². The van der Waals surface area contributed by atoms with Crippen LogP contribution in [0.4, 0.5) is 30.5 Å². The van der Waals surface area contributed by atoms with E-state index < -0.39 is 22.9 Å². The number of piperazine rings is 1. The van der Waals surface area contributed by atoms with Gasteiger partial charge in [0.05, 0.1) is 12.1 Å². The van der Waals surface area contributed by atoms with E-state index in [0.717, 1.165) is 18.9 Å². The van der Waals surface area contributed by atoms with Crippen molar-refractivity contribution >= 4 is 39.5 Å². The molecule has 1 aliphatic rings. The van der Waals surface area contributed by atoms with Gasteiger partial charge in [-0.2, -0.15) is 18.2 Å². The van der Waals surface area contributed by atoms with E-state index in [1.807, 2.05) is 13.8 Å². The second-order valence-corrected chi connectivity index (χ2v) is 11.4. The van der Waals surface area contributed by atoms with E-state index in [-0.39, 0.29) is 41.0 Å². The van der Waals surface area contributed by atoms with Crippen molar-refractivity contribution in [3.63, 3.8) is 0 Å². The first-order valence-electron chi connectivity index (χ1n) is 13.7. The number of H-pyrrole nitrogens is 1. The van der Waals surface area contributed by atoms with E-state index >= 15 is 0 Å². The van der Waals surface area contributed by atoms with Gasteiger partial charge >= 0.3 is 6.18 Å². The highest BCUT2D eigenvalue weighted by molar-refractivity contribution is 7.90. The number of halogens is 3. The van der Waals surface area contributed by atoms with Gasteiger partial charge in [-0.25, -0.2) is 10.1 Å². The molecule has 5 rings (SSSR count). The van der Waals surface area contributed by atoms with Gasteiger partial charge in [0.25, 0.3) is 10.6 Å². The number of hydrogen-bond donors (Lipinski definition) is 3. The Hall–Kier alpha value is -3.69. The van der Waals surface area contributed by atoms with E-state index in [0.29, 0.717) is 47.8 Å². The topological polar surface area (TPSA) is 140 Å². The Morgan fingerprint density at radius 3 is 2.57 bits per heavy atom. The summed E-state index contributed by atoms with van der Waals surface area (Å²) in [6.45, 7) is 6.11. The van der Waals surface area contributed by atoms with Crippen LogP contribution >= 0.6 is 0 Å². The first kappa shape index (κ1) is 29.8. The zero-order valence-electron chi connectivity index (χ0n) is 23.5. The molecule has 11 nitrogen and oxygen atoms in total. The minimum Gasteiger partial charge on any atom is -0.610 e. The molecule has 3 aromatic heterocycles. The average molecular weight is 604 g/mol. The van der Waals surface area contributed by atoms with Crippen molar-refractivity contribution in [1.29, 1.82) is 0 Å². The first-order chi connectivity index (χ1) is 20.1. The lowest BCUT2D eigenvalue weighted by Gasteiger charge is -2.31. The number of nitrogens with zero attached hydrogens (tertiary/aromatic N) is 6. The maximum absolute atomic E-state index is 14.1. The lowest BCUT2D eigenvalue weighted by molar-refractivity contribution is -0.137. The molecule has 1 aromatic carbocycles. The number of hydrogen-bond acceptors (Lipinski definition) is 9. The second-order valence-electron chi connectivity index (χ2n) is 10.1. The smallest absolute Gasteiger partial charge is 0.418 e. The fourth-order valence-corrected chi connectivity index (χ4v) is 5.89. The molecule has 1 saturated heterocycles. The molecule has 1 atom stereocenters. The maximum atomic E-state index is 14.1. The quantitative estimate of drug-likeness (QED) is 0.244. The lowest BCUT2D eigenvalue weighted by Crippen LogP contribution is -2.44. The van der Waals surface area contributed by atoms with Crippen LogP contribution in [0.1, 0.15) is 49.4 Å². The fourth-order valence-electron chi connectivity index (χ4n) is 5.28. The Balaban J connectivity index is 1.57. The van der Waals surface area contributed by atoms with Crippen LogP contribution in [0.25, 0.3) is 11.0 Å². The van der Waals surface area contributed by atoms with Crippen LogP contribution in [0, 0.1) is 0 Å². The Morgan fingerprint density at radius 1 is 1.17 bits per heavy atom. The molecule has 224 valence electrons. The van der Waals surface area contributed by atoms with E-state index in [1.54, 1.807) is 17.0 Å². The van der Waals surface area contributed by atoms with Crippen molar-refractivity contribution in [3.05, 3.63) is 57.6 Å². The molecule has 4 heterocycles. The lowest BCUT2D eigenvalue weighted by atomic mass is 9.94. The number of benzene rings is 1. The standard InChI is InChI=1S/C27H32F3N9O2S/c1-4-16(5-2)19-12-17-14-32-26(34-23(17)39(25(19)40)15-21-24(42(3)41)36-37-35-21)33-18-6-7-22(20(13-18)27(28,29)30)38-10-8-31-9-11-38/h6-7,12-14,16,31H,4-5,8-11,15H2,1-3H3,(H,32,33,34)(H,35,36,37). The molecule has 0 radical (unpaired) electrons. The number of fused-ring (bicyclic) bond motifs is 1. The highest BCUT2D eigenvalue weighted by Gasteiger charge is 2.35. The van der Waals surface area contributed by atoms with Crippen molar-refractivity contribution in [2.45, 2.75) is 50.4 Å². The molecule has 0 aliphatic carbocycles. The van der Waals surface area contributed by atoms with Gasteiger partial charge in [0.2, 0.25) is 5.95 Å². The highest BCUT2D eigenvalue weighted by atomic mass is 32.2. The zero-order chi connectivity index (χ0) is 30.0. The van der Waals surface area contributed by atoms with E-state index in [4.69, 9.17) is 0 Å². The normalized spacial score (nSPS) is 15.0. The minimum atomic E-state index is -4.57. The maximum Gasteiger partial charge on any atom is 0.418 e. The van der Waals surface area contributed by atoms with Crippen LogP contribution in [-0.4, -0.2) is 66.9 Å². The van der Waals surface area contributed by atoms with Gasteiger partial charge in [-0.15, -0.1) is 5.10 Å². The van der Waals surface area contributed by atoms with Crippen molar-refractivity contribution < 1.29 is 17.7 Å². The molecule has 1 fully saturated rings. The SMILES string of the molecule is CCC(CC)c1cc2cnc(Nc3ccc(N4CCNCC4)c(C(F)(F)F)c3)nc2n(Cc2nn[nH]c2[S+](C)[O-])c1=O. The molecular weight excluding hydrogens is 571 g/mol. The number of rotatable bonds is 9. The molecule has 0 bridgehead atoms. The summed E-state index contributed by atoms with van der Waals surface area (Å²) in [5, 5.41) is 17.3. The highest BCUT2D eigenvalue weighted by Crippen LogP contribution is 2.39. The average Bonchev–Trinajstić information content (AvgIpc) is 3.45. The van der Waals surface area contributed by atoms with Crippen molar-refractivity contribution in [3.8, 4) is 0 Å².